The highest BCUT2D eigenvalue weighted by atomic mass is 35.5. The number of ether oxygens (including phenoxy) is 1. The van der Waals surface area contributed by atoms with Crippen LogP contribution in [-0.2, 0) is 6.54 Å². The molecule has 0 unspecified atom stereocenters. The van der Waals surface area contributed by atoms with Crippen molar-refractivity contribution in [1.82, 2.24) is 9.71 Å². The second kappa shape index (κ2) is 8.08. The molecule has 2 heterocycles. The van der Waals surface area contributed by atoms with Crippen molar-refractivity contribution in [2.45, 2.75) is 11.4 Å². The van der Waals surface area contributed by atoms with Gasteiger partial charge in [0.15, 0.2) is 5.75 Å². The van der Waals surface area contributed by atoms with E-state index >= 15 is 0 Å². The summed E-state index contributed by atoms with van der Waals surface area (Å²) < 4.78 is 9.20. The minimum atomic E-state index is 0.431. The summed E-state index contributed by atoms with van der Waals surface area (Å²) in [4.78, 5) is 9.54. The van der Waals surface area contributed by atoms with E-state index in [0.717, 1.165) is 16.1 Å². The molecule has 5 nitrogen and oxygen atoms in total. The van der Waals surface area contributed by atoms with Gasteiger partial charge in [-0.1, -0.05) is 41.4 Å². The molecule has 1 aliphatic rings. The summed E-state index contributed by atoms with van der Waals surface area (Å²) in [5, 5.41) is 4.43. The summed E-state index contributed by atoms with van der Waals surface area (Å²) >= 11 is 13.8. The van der Waals surface area contributed by atoms with Crippen molar-refractivity contribution in [1.29, 1.82) is 0 Å². The van der Waals surface area contributed by atoms with Gasteiger partial charge in [-0.2, -0.15) is 0 Å². The Morgan fingerprint density at radius 2 is 1.85 bits per heavy atom. The number of benzene rings is 2. The summed E-state index contributed by atoms with van der Waals surface area (Å²) in [6.07, 6.45) is 3.31. The maximum atomic E-state index is 6.21. The highest BCUT2D eigenvalue weighted by Crippen LogP contribution is 2.40. The predicted molar refractivity (Wildman–Crippen MR) is 111 cm³/mol. The highest BCUT2D eigenvalue weighted by Gasteiger charge is 2.19. The fourth-order valence-corrected chi connectivity index (χ4v) is 3.54. The van der Waals surface area contributed by atoms with E-state index in [-0.39, 0.29) is 0 Å². The van der Waals surface area contributed by atoms with Crippen molar-refractivity contribution in [3.8, 4) is 11.5 Å². The molecule has 2 aromatic carbocycles. The molecule has 1 aliphatic heterocycles. The van der Waals surface area contributed by atoms with Gasteiger partial charge in [0, 0.05) is 12.4 Å². The van der Waals surface area contributed by atoms with E-state index in [4.69, 9.17) is 27.9 Å². The minimum absolute atomic E-state index is 0.431. The number of anilines is 1. The molecule has 0 fully saturated rings. The van der Waals surface area contributed by atoms with Crippen molar-refractivity contribution in [2.24, 2.45) is 4.99 Å². The van der Waals surface area contributed by atoms with E-state index in [2.05, 4.69) is 20.0 Å². The molecule has 0 saturated heterocycles. The van der Waals surface area contributed by atoms with Gasteiger partial charge in [0.2, 0.25) is 5.96 Å². The fourth-order valence-electron chi connectivity index (χ4n) is 2.47. The summed E-state index contributed by atoms with van der Waals surface area (Å²) in [6.45, 7) is 0.431. The summed E-state index contributed by atoms with van der Waals surface area (Å²) in [6, 6.07) is 15.0. The Morgan fingerprint density at radius 3 is 2.70 bits per heavy atom. The zero-order valence-electron chi connectivity index (χ0n) is 13.9. The number of para-hydroxylation sites is 2. The molecule has 136 valence electrons. The van der Waals surface area contributed by atoms with Crippen LogP contribution in [0.2, 0.25) is 10.0 Å². The Bertz CT molecular complexity index is 1010. The van der Waals surface area contributed by atoms with Gasteiger partial charge < -0.3 is 10.1 Å². The van der Waals surface area contributed by atoms with Gasteiger partial charge in [0.25, 0.3) is 0 Å². The van der Waals surface area contributed by atoms with Gasteiger partial charge in [-0.05, 0) is 47.8 Å². The number of guanidine groups is 1. The van der Waals surface area contributed by atoms with Crippen molar-refractivity contribution >= 4 is 46.8 Å². The number of nitrogens with one attached hydrogen (secondary N) is 2. The molecule has 0 saturated carbocycles. The lowest BCUT2D eigenvalue weighted by atomic mass is 10.2. The second-order valence-electron chi connectivity index (χ2n) is 5.62. The van der Waals surface area contributed by atoms with Crippen LogP contribution < -0.4 is 14.8 Å². The number of pyridine rings is 1. The van der Waals surface area contributed by atoms with Gasteiger partial charge in [0.1, 0.15) is 5.75 Å². The molecule has 0 aliphatic carbocycles. The molecular formula is C19H14Cl2N4OS. The van der Waals surface area contributed by atoms with Crippen LogP contribution in [0.25, 0.3) is 0 Å². The minimum Gasteiger partial charge on any atom is -0.454 e. The lowest BCUT2D eigenvalue weighted by Crippen LogP contribution is -2.29. The second-order valence-corrected chi connectivity index (χ2v) is 7.29. The normalized spacial score (nSPS) is 14.2. The summed E-state index contributed by atoms with van der Waals surface area (Å²) in [5.41, 5.74) is 1.74. The van der Waals surface area contributed by atoms with Crippen LogP contribution in [0.15, 0.2) is 70.8 Å². The quantitative estimate of drug-likeness (QED) is 0.529. The standard InChI is InChI=1S/C19H14Cl2N4OS/c20-13-4-1-2-5-15(13)26-16-6-3-7-17-18(16)24-19(25-27-17)23-10-12-8-9-22-11-14(12)21/h1-9,11H,10H2,(H2,23,24,25). The maximum Gasteiger partial charge on any atom is 0.206 e. The third-order valence-corrected chi connectivity index (χ3v) is 5.32. The monoisotopic (exact) mass is 416 g/mol. The molecule has 3 aromatic rings. The largest absolute Gasteiger partial charge is 0.454 e. The molecule has 0 amide bonds. The zero-order valence-corrected chi connectivity index (χ0v) is 16.3. The number of hydrogen-bond donors (Lipinski definition) is 2. The van der Waals surface area contributed by atoms with Crippen molar-refractivity contribution < 1.29 is 4.74 Å². The van der Waals surface area contributed by atoms with Crippen LogP contribution >= 0.6 is 35.1 Å². The lowest BCUT2D eigenvalue weighted by molar-refractivity contribution is 0.484. The molecule has 0 bridgehead atoms. The first-order chi connectivity index (χ1) is 13.2. The van der Waals surface area contributed by atoms with Crippen LogP contribution in [0.1, 0.15) is 5.56 Å². The molecule has 0 atom stereocenters. The van der Waals surface area contributed by atoms with E-state index in [0.29, 0.717) is 34.0 Å². The third-order valence-electron chi connectivity index (χ3n) is 3.81. The van der Waals surface area contributed by atoms with E-state index in [1.165, 1.54) is 11.9 Å². The molecule has 0 radical (unpaired) electrons. The maximum absolute atomic E-state index is 6.21. The van der Waals surface area contributed by atoms with E-state index in [9.17, 15) is 0 Å². The van der Waals surface area contributed by atoms with Crippen molar-refractivity contribution in [3.05, 3.63) is 76.5 Å². The Morgan fingerprint density at radius 1 is 1.00 bits per heavy atom. The number of fused-ring (bicyclic) bond motifs is 1. The first-order valence-electron chi connectivity index (χ1n) is 8.09. The first kappa shape index (κ1) is 18.0. The predicted octanol–water partition coefficient (Wildman–Crippen LogP) is 5.76. The van der Waals surface area contributed by atoms with Gasteiger partial charge in [-0.15, -0.1) is 0 Å². The van der Waals surface area contributed by atoms with Gasteiger partial charge in [-0.25, -0.2) is 4.99 Å². The van der Waals surface area contributed by atoms with E-state index < -0.39 is 0 Å². The molecule has 1 aromatic heterocycles. The fraction of sp³-hybridized carbons (Fsp3) is 0.0526. The van der Waals surface area contributed by atoms with E-state index in [1.807, 2.05) is 42.5 Å². The Balaban J connectivity index is 1.57. The SMILES string of the molecule is Clc1cnccc1CN=C1NSc2cccc(Oc3ccccc3Cl)c2N1. The number of aliphatic imine (C=N–C) groups is 1. The Hall–Kier alpha value is -2.41. The van der Waals surface area contributed by atoms with Gasteiger partial charge in [0.05, 0.1) is 27.2 Å². The molecule has 2 N–H and O–H groups in total. The summed E-state index contributed by atoms with van der Waals surface area (Å²) in [5.74, 6) is 1.89. The van der Waals surface area contributed by atoms with Gasteiger partial charge in [-0.3, -0.25) is 9.71 Å². The van der Waals surface area contributed by atoms with Gasteiger partial charge >= 0.3 is 0 Å². The summed E-state index contributed by atoms with van der Waals surface area (Å²) in [7, 11) is 0. The van der Waals surface area contributed by atoms with Crippen LogP contribution in [0.3, 0.4) is 0 Å². The molecule has 27 heavy (non-hydrogen) atoms. The van der Waals surface area contributed by atoms with Crippen LogP contribution in [0.4, 0.5) is 5.69 Å². The number of rotatable bonds is 4. The average molecular weight is 417 g/mol. The smallest absolute Gasteiger partial charge is 0.206 e. The molecular weight excluding hydrogens is 403 g/mol. The Labute approximate surface area is 170 Å². The zero-order chi connectivity index (χ0) is 18.6. The highest BCUT2D eigenvalue weighted by molar-refractivity contribution is 7.98. The Kier molecular flexibility index (Phi) is 5.38. The van der Waals surface area contributed by atoms with Crippen molar-refractivity contribution in [2.75, 3.05) is 5.32 Å². The van der Waals surface area contributed by atoms with Crippen LogP contribution in [0.5, 0.6) is 11.5 Å². The van der Waals surface area contributed by atoms with E-state index in [1.54, 1.807) is 18.5 Å². The van der Waals surface area contributed by atoms with Crippen LogP contribution in [-0.4, -0.2) is 10.9 Å². The first-order valence-corrected chi connectivity index (χ1v) is 9.66. The molecule has 8 heteroatoms. The number of halogens is 2. The topological polar surface area (TPSA) is 58.5 Å². The lowest BCUT2D eigenvalue weighted by Gasteiger charge is -2.23. The molecule has 0 spiro atoms. The third kappa shape index (κ3) is 4.13. The number of nitrogens with zero attached hydrogens (tertiary/aromatic N) is 2. The van der Waals surface area contributed by atoms with Crippen LogP contribution in [0, 0.1) is 0 Å². The molecule has 4 rings (SSSR count). The number of hydrogen-bond acceptors (Lipinski definition) is 4. The average Bonchev–Trinajstić information content (AvgIpc) is 2.69. The van der Waals surface area contributed by atoms with Crippen molar-refractivity contribution in [3.63, 3.8) is 0 Å². The number of aromatic nitrogens is 1.